The zero-order valence-corrected chi connectivity index (χ0v) is 30.4. The number of allylic oxidation sites excluding steroid dienone is 1. The molecule has 3 N–H and O–H groups in total. The molecule has 3 aromatic rings. The quantitative estimate of drug-likeness (QED) is 0.0536. The maximum absolute atomic E-state index is 13.3. The molecule has 13 heteroatoms. The van der Waals surface area contributed by atoms with Crippen molar-refractivity contribution in [3.05, 3.63) is 64.0 Å². The molecule has 1 aliphatic heterocycles. The van der Waals surface area contributed by atoms with Crippen LogP contribution in [0.1, 0.15) is 96.6 Å². The molecule has 0 saturated carbocycles. The van der Waals surface area contributed by atoms with Gasteiger partial charge in [0.15, 0.2) is 5.71 Å². The number of hydrogen-bond donors (Lipinski definition) is 3. The van der Waals surface area contributed by atoms with Crippen LogP contribution in [0.25, 0.3) is 17.0 Å². The number of nitrogens with zero attached hydrogens (tertiary/aromatic N) is 2. The van der Waals surface area contributed by atoms with Crippen molar-refractivity contribution in [1.29, 1.82) is 0 Å². The summed E-state index contributed by atoms with van der Waals surface area (Å²) in [7, 11) is -8.74. The molecule has 49 heavy (non-hydrogen) atoms. The molecule has 0 atom stereocenters. The summed E-state index contributed by atoms with van der Waals surface area (Å²) in [6, 6.07) is 9.63. The van der Waals surface area contributed by atoms with E-state index >= 15 is 0 Å². The van der Waals surface area contributed by atoms with E-state index in [2.05, 4.69) is 18.7 Å². The molecule has 0 fully saturated rings. The number of unbranched alkanes of at least 4 members (excludes halogenated alkanes) is 6. The normalized spacial score (nSPS) is 14.7. The third-order valence-corrected chi connectivity index (χ3v) is 10.8. The van der Waals surface area contributed by atoms with E-state index < -0.39 is 37.0 Å². The molecule has 0 aliphatic carbocycles. The summed E-state index contributed by atoms with van der Waals surface area (Å²) in [4.78, 5) is 15.3. The molecule has 2 aromatic carbocycles. The van der Waals surface area contributed by atoms with Crippen molar-refractivity contribution in [3.8, 4) is 5.75 Å². The van der Waals surface area contributed by atoms with Gasteiger partial charge in [0.2, 0.25) is 5.69 Å². The van der Waals surface area contributed by atoms with Gasteiger partial charge < -0.3 is 14.4 Å². The number of benzene rings is 2. The SMILES string of the molecule is CCCCCCN(CCCCCC)c1ccc2c(O)c(/C=C/C3=[N+](CCCS(=O)(=O)O)c4ccc(S(=O)(=O)O)cc4C3(C)C)c(=O)oc2c1. The Morgan fingerprint density at radius 3 is 2.10 bits per heavy atom. The minimum absolute atomic E-state index is 0.0473. The predicted octanol–water partition coefficient (Wildman–Crippen LogP) is 7.08. The molecular weight excluding hydrogens is 669 g/mol. The molecular formula is C36H49N2O9S2+. The van der Waals surface area contributed by atoms with Gasteiger partial charge in [-0.05, 0) is 57.0 Å². The molecule has 268 valence electrons. The lowest BCUT2D eigenvalue weighted by atomic mass is 9.81. The first-order valence-electron chi connectivity index (χ1n) is 17.0. The van der Waals surface area contributed by atoms with E-state index in [1.807, 2.05) is 19.9 Å². The van der Waals surface area contributed by atoms with Crippen LogP contribution in [0.5, 0.6) is 5.75 Å². The second-order valence-corrected chi connectivity index (χ2v) is 16.2. The molecule has 4 rings (SSSR count). The van der Waals surface area contributed by atoms with Crippen molar-refractivity contribution >= 4 is 54.4 Å². The van der Waals surface area contributed by atoms with Crippen molar-refractivity contribution in [2.24, 2.45) is 0 Å². The van der Waals surface area contributed by atoms with Gasteiger partial charge in [-0.2, -0.15) is 21.4 Å². The lowest BCUT2D eigenvalue weighted by Gasteiger charge is -2.25. The van der Waals surface area contributed by atoms with Crippen molar-refractivity contribution in [2.45, 2.75) is 95.8 Å². The van der Waals surface area contributed by atoms with E-state index in [-0.39, 0.29) is 34.8 Å². The maximum Gasteiger partial charge on any atom is 0.347 e. The van der Waals surface area contributed by atoms with E-state index in [0.29, 0.717) is 22.3 Å². The zero-order chi connectivity index (χ0) is 36.0. The molecule has 1 aromatic heterocycles. The first kappa shape index (κ1) is 38.3. The highest BCUT2D eigenvalue weighted by Crippen LogP contribution is 2.42. The number of aromatic hydroxyl groups is 1. The van der Waals surface area contributed by atoms with Gasteiger partial charge in [-0.1, -0.05) is 52.4 Å². The second kappa shape index (κ2) is 16.0. The van der Waals surface area contributed by atoms with Crippen molar-refractivity contribution in [3.63, 3.8) is 0 Å². The third kappa shape index (κ3) is 9.39. The molecule has 0 bridgehead atoms. The monoisotopic (exact) mass is 717 g/mol. The maximum atomic E-state index is 13.3. The molecule has 0 saturated heterocycles. The van der Waals surface area contributed by atoms with Crippen LogP contribution in [-0.2, 0) is 25.7 Å². The molecule has 0 amide bonds. The first-order valence-corrected chi connectivity index (χ1v) is 20.1. The van der Waals surface area contributed by atoms with Gasteiger partial charge in [0, 0.05) is 49.0 Å². The fourth-order valence-electron chi connectivity index (χ4n) is 6.48. The van der Waals surface area contributed by atoms with E-state index in [4.69, 9.17) is 4.42 Å². The van der Waals surface area contributed by atoms with E-state index in [1.165, 1.54) is 37.1 Å². The van der Waals surface area contributed by atoms with Gasteiger partial charge in [0.25, 0.3) is 20.2 Å². The van der Waals surface area contributed by atoms with E-state index in [0.717, 1.165) is 57.3 Å². The summed E-state index contributed by atoms with van der Waals surface area (Å²) in [6.07, 6.45) is 12.1. The van der Waals surface area contributed by atoms with Crippen molar-refractivity contribution < 1.29 is 40.0 Å². The largest absolute Gasteiger partial charge is 0.506 e. The number of rotatable bonds is 18. The average molecular weight is 718 g/mol. The standard InChI is InChI=1S/C36H48N2O9S2/c1-5-7-9-11-20-37(21-12-10-8-6-2)26-14-16-28-32(24-26)47-35(40)29(34(28)39)17-19-33-36(3,4)30-25-27(49(44,45)46)15-18-31(30)38(33)22-13-23-48(41,42)43/h14-19,24-25H,5-13,20-23H2,1-4H3,(H2,41,42,43,44,45,46)/p+1. The zero-order valence-electron chi connectivity index (χ0n) is 28.8. The number of anilines is 1. The molecule has 1 aliphatic rings. The van der Waals surface area contributed by atoms with Crippen LogP contribution in [0.3, 0.4) is 0 Å². The summed E-state index contributed by atoms with van der Waals surface area (Å²) >= 11 is 0. The summed E-state index contributed by atoms with van der Waals surface area (Å²) in [5, 5.41) is 11.7. The number of hydrogen-bond acceptors (Lipinski definition) is 8. The summed E-state index contributed by atoms with van der Waals surface area (Å²) in [5.74, 6) is -0.738. The topological polar surface area (TPSA) is 165 Å². The molecule has 0 radical (unpaired) electrons. The van der Waals surface area contributed by atoms with Crippen molar-refractivity contribution in [1.82, 2.24) is 0 Å². The van der Waals surface area contributed by atoms with Crippen LogP contribution < -0.4 is 10.5 Å². The lowest BCUT2D eigenvalue weighted by Crippen LogP contribution is -2.28. The Morgan fingerprint density at radius 1 is 0.857 bits per heavy atom. The molecule has 0 spiro atoms. The highest BCUT2D eigenvalue weighted by Gasteiger charge is 2.45. The van der Waals surface area contributed by atoms with Gasteiger partial charge in [-0.3, -0.25) is 9.11 Å². The Kier molecular flexibility index (Phi) is 12.5. The second-order valence-electron chi connectivity index (χ2n) is 13.2. The van der Waals surface area contributed by atoms with Crippen LogP contribution in [0, 0.1) is 0 Å². The Balaban J connectivity index is 1.72. The average Bonchev–Trinajstić information content (AvgIpc) is 3.23. The first-order chi connectivity index (χ1) is 23.1. The van der Waals surface area contributed by atoms with E-state index in [9.17, 15) is 35.8 Å². The highest BCUT2D eigenvalue weighted by atomic mass is 32.2. The van der Waals surface area contributed by atoms with Crippen LogP contribution in [0.15, 0.2) is 56.6 Å². The fraction of sp³-hybridized carbons (Fsp3) is 0.500. The summed E-state index contributed by atoms with van der Waals surface area (Å²) in [6.45, 7) is 9.92. The Morgan fingerprint density at radius 2 is 1.51 bits per heavy atom. The summed E-state index contributed by atoms with van der Waals surface area (Å²) in [5.41, 5.74) is 1.20. The predicted molar refractivity (Wildman–Crippen MR) is 194 cm³/mol. The molecule has 11 nitrogen and oxygen atoms in total. The highest BCUT2D eigenvalue weighted by molar-refractivity contribution is 7.86. The van der Waals surface area contributed by atoms with Gasteiger partial charge in [-0.15, -0.1) is 0 Å². The fourth-order valence-corrected chi connectivity index (χ4v) is 7.48. The minimum atomic E-state index is -4.50. The van der Waals surface area contributed by atoms with Crippen LogP contribution in [0.2, 0.25) is 0 Å². The Labute approximate surface area is 289 Å². The Hall–Kier alpha value is -3.52. The van der Waals surface area contributed by atoms with Crippen LogP contribution >= 0.6 is 0 Å². The molecule has 2 heterocycles. The number of fused-ring (bicyclic) bond motifs is 2. The van der Waals surface area contributed by atoms with Crippen LogP contribution in [-0.4, -0.2) is 66.7 Å². The van der Waals surface area contributed by atoms with Gasteiger partial charge in [0.05, 0.1) is 21.4 Å². The Bertz CT molecular complexity index is 1980. The smallest absolute Gasteiger partial charge is 0.347 e. The third-order valence-electron chi connectivity index (χ3n) is 9.18. The van der Waals surface area contributed by atoms with Gasteiger partial charge in [0.1, 0.15) is 23.4 Å². The van der Waals surface area contributed by atoms with Gasteiger partial charge >= 0.3 is 5.63 Å². The minimum Gasteiger partial charge on any atom is -0.506 e. The van der Waals surface area contributed by atoms with Crippen LogP contribution in [0.4, 0.5) is 11.4 Å². The summed E-state index contributed by atoms with van der Waals surface area (Å²) < 4.78 is 73.3. The molecule has 0 unspecified atom stereocenters. The van der Waals surface area contributed by atoms with E-state index in [1.54, 1.807) is 22.8 Å². The van der Waals surface area contributed by atoms with Gasteiger partial charge in [-0.25, -0.2) is 4.79 Å². The van der Waals surface area contributed by atoms with Crippen molar-refractivity contribution in [2.75, 3.05) is 30.3 Å². The lowest BCUT2D eigenvalue weighted by molar-refractivity contribution is -0.437.